The summed E-state index contributed by atoms with van der Waals surface area (Å²) >= 11 is 1.78. The van der Waals surface area contributed by atoms with Gasteiger partial charge in [0.25, 0.3) is 0 Å². The molecular formula is C11H18N2OS. The van der Waals surface area contributed by atoms with Gasteiger partial charge in [-0.2, -0.15) is 0 Å². The van der Waals surface area contributed by atoms with Crippen molar-refractivity contribution in [3.63, 3.8) is 0 Å². The van der Waals surface area contributed by atoms with Crippen LogP contribution in [0.25, 0.3) is 0 Å². The largest absolute Gasteiger partial charge is 0.381 e. The molecule has 1 atom stereocenters. The molecule has 1 fully saturated rings. The molecule has 0 spiro atoms. The first-order chi connectivity index (χ1) is 7.38. The zero-order valence-electron chi connectivity index (χ0n) is 8.95. The molecule has 15 heavy (non-hydrogen) atoms. The minimum Gasteiger partial charge on any atom is -0.381 e. The molecule has 84 valence electrons. The van der Waals surface area contributed by atoms with Crippen LogP contribution in [0.4, 0.5) is 0 Å². The number of thiazole rings is 1. The molecule has 0 saturated carbocycles. The van der Waals surface area contributed by atoms with Crippen LogP contribution in [0.3, 0.4) is 0 Å². The summed E-state index contributed by atoms with van der Waals surface area (Å²) in [7, 11) is 0. The Morgan fingerprint density at radius 2 is 2.53 bits per heavy atom. The molecule has 4 heteroatoms. The number of aromatic nitrogens is 1. The Bertz CT molecular complexity index is 295. The minimum atomic E-state index is 0.693. The van der Waals surface area contributed by atoms with Gasteiger partial charge in [-0.05, 0) is 31.7 Å². The number of ether oxygens (including phenoxy) is 1. The molecule has 1 aromatic rings. The van der Waals surface area contributed by atoms with E-state index in [2.05, 4.69) is 10.4 Å². The van der Waals surface area contributed by atoms with Crippen molar-refractivity contribution in [3.05, 3.63) is 16.1 Å². The molecule has 2 rings (SSSR count). The van der Waals surface area contributed by atoms with Crippen LogP contribution >= 0.6 is 11.3 Å². The summed E-state index contributed by atoms with van der Waals surface area (Å²) in [4.78, 5) is 4.62. The first-order valence-corrected chi connectivity index (χ1v) is 6.47. The molecule has 0 aliphatic carbocycles. The van der Waals surface area contributed by atoms with Crippen LogP contribution in [0.5, 0.6) is 0 Å². The molecule has 0 bridgehead atoms. The zero-order valence-corrected chi connectivity index (χ0v) is 9.76. The Labute approximate surface area is 94.7 Å². The van der Waals surface area contributed by atoms with Gasteiger partial charge in [0.2, 0.25) is 0 Å². The van der Waals surface area contributed by atoms with Gasteiger partial charge in [-0.3, -0.25) is 0 Å². The highest BCUT2D eigenvalue weighted by Gasteiger charge is 2.17. The van der Waals surface area contributed by atoms with E-state index >= 15 is 0 Å². The molecule has 2 N–H and O–H groups in total. The molecule has 0 radical (unpaired) electrons. The first kappa shape index (κ1) is 11.0. The highest BCUT2D eigenvalue weighted by molar-refractivity contribution is 7.09. The fourth-order valence-corrected chi connectivity index (χ4v) is 2.78. The van der Waals surface area contributed by atoms with Crippen molar-refractivity contribution in [3.8, 4) is 0 Å². The van der Waals surface area contributed by atoms with Crippen LogP contribution in [-0.2, 0) is 17.6 Å². The molecule has 1 unspecified atom stereocenters. The maximum Gasteiger partial charge on any atom is 0.0931 e. The number of nitrogens with two attached hydrogens (primary N) is 1. The molecule has 1 aromatic heterocycles. The third kappa shape index (κ3) is 3.26. The predicted octanol–water partition coefficient (Wildman–Crippen LogP) is 1.61. The Hall–Kier alpha value is -0.450. The van der Waals surface area contributed by atoms with E-state index in [0.717, 1.165) is 39.0 Å². The van der Waals surface area contributed by atoms with Crippen molar-refractivity contribution in [1.29, 1.82) is 0 Å². The van der Waals surface area contributed by atoms with E-state index in [0.29, 0.717) is 5.92 Å². The van der Waals surface area contributed by atoms with Gasteiger partial charge in [-0.1, -0.05) is 0 Å². The molecular weight excluding hydrogens is 208 g/mol. The van der Waals surface area contributed by atoms with Gasteiger partial charge in [0.1, 0.15) is 0 Å². The van der Waals surface area contributed by atoms with Gasteiger partial charge in [-0.15, -0.1) is 11.3 Å². The van der Waals surface area contributed by atoms with E-state index in [1.54, 1.807) is 11.3 Å². The van der Waals surface area contributed by atoms with Gasteiger partial charge in [0.15, 0.2) is 0 Å². The third-order valence-corrected chi connectivity index (χ3v) is 3.64. The van der Waals surface area contributed by atoms with Crippen LogP contribution in [0.1, 0.15) is 23.5 Å². The fraction of sp³-hybridized carbons (Fsp3) is 0.727. The lowest BCUT2D eigenvalue weighted by atomic mass is 10.1. The van der Waals surface area contributed by atoms with E-state index in [1.165, 1.54) is 17.1 Å². The average molecular weight is 226 g/mol. The zero-order chi connectivity index (χ0) is 10.5. The van der Waals surface area contributed by atoms with Crippen molar-refractivity contribution in [2.45, 2.75) is 25.7 Å². The second-order valence-electron chi connectivity index (χ2n) is 4.06. The Morgan fingerprint density at radius 1 is 1.60 bits per heavy atom. The van der Waals surface area contributed by atoms with E-state index in [4.69, 9.17) is 10.5 Å². The Kier molecular flexibility index (Phi) is 4.11. The maximum atomic E-state index is 5.47. The van der Waals surface area contributed by atoms with Gasteiger partial charge in [0, 0.05) is 25.0 Å². The van der Waals surface area contributed by atoms with Crippen LogP contribution in [-0.4, -0.2) is 24.7 Å². The van der Waals surface area contributed by atoms with Crippen molar-refractivity contribution >= 4 is 11.3 Å². The highest BCUT2D eigenvalue weighted by atomic mass is 32.1. The molecule has 2 heterocycles. The maximum absolute atomic E-state index is 5.47. The number of rotatable bonds is 5. The lowest BCUT2D eigenvalue weighted by molar-refractivity contribution is 0.186. The summed E-state index contributed by atoms with van der Waals surface area (Å²) in [5.41, 5.74) is 6.68. The van der Waals surface area contributed by atoms with Gasteiger partial charge in [-0.25, -0.2) is 4.98 Å². The van der Waals surface area contributed by atoms with E-state index in [1.807, 2.05) is 0 Å². The number of aryl methyl sites for hydroxylation is 1. The molecule has 1 saturated heterocycles. The Balaban J connectivity index is 1.83. The van der Waals surface area contributed by atoms with Crippen molar-refractivity contribution in [2.24, 2.45) is 11.7 Å². The van der Waals surface area contributed by atoms with Crippen LogP contribution in [0.15, 0.2) is 5.38 Å². The molecule has 1 aliphatic heterocycles. The molecule has 0 aromatic carbocycles. The highest BCUT2D eigenvalue weighted by Crippen LogP contribution is 2.21. The standard InChI is InChI=1S/C11H18N2OS/c12-4-1-2-10-8-15-11(13-10)6-9-3-5-14-7-9/h8-9H,1-7,12H2. The fourth-order valence-electron chi connectivity index (χ4n) is 1.83. The van der Waals surface area contributed by atoms with Crippen molar-refractivity contribution in [1.82, 2.24) is 4.98 Å². The number of nitrogens with zero attached hydrogens (tertiary/aromatic N) is 1. The average Bonchev–Trinajstić information content (AvgIpc) is 2.87. The Morgan fingerprint density at radius 3 is 3.27 bits per heavy atom. The van der Waals surface area contributed by atoms with Gasteiger partial charge >= 0.3 is 0 Å². The predicted molar refractivity (Wildman–Crippen MR) is 62.1 cm³/mol. The third-order valence-electron chi connectivity index (χ3n) is 2.72. The topological polar surface area (TPSA) is 48.1 Å². The SMILES string of the molecule is NCCCc1csc(CC2CCOC2)n1. The summed E-state index contributed by atoms with van der Waals surface area (Å²) < 4.78 is 5.36. The normalized spacial score (nSPS) is 21.0. The number of hydrogen-bond acceptors (Lipinski definition) is 4. The summed E-state index contributed by atoms with van der Waals surface area (Å²) in [6.07, 6.45) is 4.34. The summed E-state index contributed by atoms with van der Waals surface area (Å²) in [5.74, 6) is 0.693. The smallest absolute Gasteiger partial charge is 0.0931 e. The molecule has 1 aliphatic rings. The number of hydrogen-bond donors (Lipinski definition) is 1. The quantitative estimate of drug-likeness (QED) is 0.830. The monoisotopic (exact) mass is 226 g/mol. The van der Waals surface area contributed by atoms with E-state index in [-0.39, 0.29) is 0 Å². The summed E-state index contributed by atoms with van der Waals surface area (Å²) in [5, 5.41) is 3.43. The summed E-state index contributed by atoms with van der Waals surface area (Å²) in [6.45, 7) is 2.59. The molecule has 3 nitrogen and oxygen atoms in total. The molecule has 0 amide bonds. The lowest BCUT2D eigenvalue weighted by Crippen LogP contribution is -2.04. The van der Waals surface area contributed by atoms with Crippen LogP contribution in [0, 0.1) is 5.92 Å². The van der Waals surface area contributed by atoms with Crippen LogP contribution < -0.4 is 5.73 Å². The van der Waals surface area contributed by atoms with Crippen molar-refractivity contribution in [2.75, 3.05) is 19.8 Å². The van der Waals surface area contributed by atoms with E-state index in [9.17, 15) is 0 Å². The lowest BCUT2D eigenvalue weighted by Gasteiger charge is -2.02. The second kappa shape index (κ2) is 5.58. The van der Waals surface area contributed by atoms with Gasteiger partial charge in [0.05, 0.1) is 10.7 Å². The van der Waals surface area contributed by atoms with Crippen molar-refractivity contribution < 1.29 is 4.74 Å². The van der Waals surface area contributed by atoms with Gasteiger partial charge < -0.3 is 10.5 Å². The first-order valence-electron chi connectivity index (χ1n) is 5.59. The van der Waals surface area contributed by atoms with Crippen LogP contribution in [0.2, 0.25) is 0 Å². The van der Waals surface area contributed by atoms with E-state index < -0.39 is 0 Å². The second-order valence-corrected chi connectivity index (χ2v) is 5.00. The summed E-state index contributed by atoms with van der Waals surface area (Å²) in [6, 6.07) is 0. The minimum absolute atomic E-state index is 0.693.